The number of allylic oxidation sites excluding steroid dienone is 1. The van der Waals surface area contributed by atoms with Gasteiger partial charge in [0, 0.05) is 22.9 Å². The summed E-state index contributed by atoms with van der Waals surface area (Å²) in [5.41, 5.74) is 3.92. The summed E-state index contributed by atoms with van der Waals surface area (Å²) < 4.78 is 5.81. The minimum Gasteiger partial charge on any atom is -0.453 e. The van der Waals surface area contributed by atoms with E-state index in [9.17, 15) is 9.59 Å². The molecule has 1 heterocycles. The fourth-order valence-corrected chi connectivity index (χ4v) is 4.49. The molecule has 1 fully saturated rings. The first kappa shape index (κ1) is 25.7. The molecule has 1 saturated heterocycles. The van der Waals surface area contributed by atoms with Gasteiger partial charge in [-0.3, -0.25) is 9.79 Å². The molecule has 0 unspecified atom stereocenters. The minimum atomic E-state index is -0.809. The van der Waals surface area contributed by atoms with Crippen LogP contribution in [0.4, 0.5) is 4.79 Å². The molecule has 1 aliphatic rings. The highest BCUT2D eigenvalue weighted by molar-refractivity contribution is 9.10. The summed E-state index contributed by atoms with van der Waals surface area (Å²) in [5.74, 6) is -0.153. The highest BCUT2D eigenvalue weighted by Crippen LogP contribution is 2.26. The van der Waals surface area contributed by atoms with E-state index < -0.39 is 12.1 Å². The van der Waals surface area contributed by atoms with Gasteiger partial charge in [0.15, 0.2) is 0 Å². The van der Waals surface area contributed by atoms with Gasteiger partial charge in [0.25, 0.3) is 0 Å². The van der Waals surface area contributed by atoms with E-state index in [4.69, 9.17) is 9.73 Å². The maximum absolute atomic E-state index is 13.6. The zero-order valence-corrected chi connectivity index (χ0v) is 21.5. The van der Waals surface area contributed by atoms with Crippen LogP contribution in [0.2, 0.25) is 0 Å². The van der Waals surface area contributed by atoms with Gasteiger partial charge in [-0.05, 0) is 55.0 Å². The second-order valence-corrected chi connectivity index (χ2v) is 9.27. The quantitative estimate of drug-likeness (QED) is 0.420. The van der Waals surface area contributed by atoms with Gasteiger partial charge in [-0.2, -0.15) is 0 Å². The number of hydrogen-bond donors (Lipinski definition) is 1. The molecule has 34 heavy (non-hydrogen) atoms. The zero-order chi connectivity index (χ0) is 24.5. The van der Waals surface area contributed by atoms with Crippen molar-refractivity contribution in [2.75, 3.05) is 13.7 Å². The molecule has 0 spiro atoms. The Kier molecular flexibility index (Phi) is 9.45. The maximum atomic E-state index is 13.6. The Morgan fingerprint density at radius 2 is 1.91 bits per heavy atom. The third-order valence-electron chi connectivity index (χ3n) is 6.00. The number of methoxy groups -OCH3 is 1. The Balaban J connectivity index is 1.84. The topological polar surface area (TPSA) is 71.0 Å². The van der Waals surface area contributed by atoms with Gasteiger partial charge in [0.05, 0.1) is 13.2 Å². The molecule has 0 aromatic heterocycles. The summed E-state index contributed by atoms with van der Waals surface area (Å²) >= 11 is 3.49. The Morgan fingerprint density at radius 1 is 1.21 bits per heavy atom. The molecule has 180 valence electrons. The van der Waals surface area contributed by atoms with Crippen molar-refractivity contribution in [2.24, 2.45) is 4.99 Å². The number of carbonyl (C=O) groups is 2. The van der Waals surface area contributed by atoms with Crippen LogP contribution < -0.4 is 5.32 Å². The molecule has 1 N–H and O–H groups in total. The van der Waals surface area contributed by atoms with Crippen molar-refractivity contribution < 1.29 is 14.3 Å². The normalized spacial score (nSPS) is 17.4. The van der Waals surface area contributed by atoms with Crippen LogP contribution in [0.5, 0.6) is 0 Å². The smallest absolute Gasteiger partial charge is 0.407 e. The van der Waals surface area contributed by atoms with Crippen LogP contribution in [0.15, 0.2) is 70.3 Å². The number of alkyl carbamates (subject to hydrolysis) is 1. The number of amides is 2. The lowest BCUT2D eigenvalue weighted by atomic mass is 10.0. The molecule has 2 aromatic rings. The van der Waals surface area contributed by atoms with E-state index in [1.165, 1.54) is 12.7 Å². The van der Waals surface area contributed by atoms with Crippen LogP contribution >= 0.6 is 15.9 Å². The Labute approximate surface area is 210 Å². The molecule has 2 aromatic carbocycles. The Morgan fingerprint density at radius 3 is 2.56 bits per heavy atom. The highest BCUT2D eigenvalue weighted by atomic mass is 79.9. The average Bonchev–Trinajstić information content (AvgIpc) is 3.35. The molecule has 0 aliphatic carbocycles. The summed E-state index contributed by atoms with van der Waals surface area (Å²) in [6.07, 6.45) is 4.97. The third-order valence-corrected chi connectivity index (χ3v) is 6.53. The first-order valence-corrected chi connectivity index (χ1v) is 12.4. The summed E-state index contributed by atoms with van der Waals surface area (Å²) in [4.78, 5) is 32.2. The van der Waals surface area contributed by atoms with Crippen LogP contribution in [0, 0.1) is 0 Å². The molecule has 0 saturated carbocycles. The SMILES string of the molecule is CCC/C(=C\N=C(C)[C@@H]1CCCN1C(=O)[C@H](NC(=O)OC)c1ccccc1)c1ccc(Br)cc1. The largest absolute Gasteiger partial charge is 0.453 e. The first-order chi connectivity index (χ1) is 16.4. The molecule has 0 radical (unpaired) electrons. The summed E-state index contributed by atoms with van der Waals surface area (Å²) in [5, 5.41) is 2.70. The number of carbonyl (C=O) groups excluding carboxylic acids is 2. The van der Waals surface area contributed by atoms with Gasteiger partial charge >= 0.3 is 6.09 Å². The first-order valence-electron chi connectivity index (χ1n) is 11.6. The van der Waals surface area contributed by atoms with Crippen molar-refractivity contribution in [3.05, 3.63) is 76.4 Å². The molecule has 2 atom stereocenters. The number of halogens is 1. The molecule has 0 bridgehead atoms. The Hall–Kier alpha value is -2.93. The molecule has 2 amide bonds. The van der Waals surface area contributed by atoms with Gasteiger partial charge < -0.3 is 15.0 Å². The number of benzene rings is 2. The number of hydrogen-bond acceptors (Lipinski definition) is 4. The van der Waals surface area contributed by atoms with Crippen molar-refractivity contribution in [1.82, 2.24) is 10.2 Å². The molecular weight excluding hydrogens is 494 g/mol. The summed E-state index contributed by atoms with van der Waals surface area (Å²) in [6, 6.07) is 16.6. The van der Waals surface area contributed by atoms with E-state index in [0.717, 1.165) is 47.0 Å². The van der Waals surface area contributed by atoms with Crippen LogP contribution in [0.3, 0.4) is 0 Å². The monoisotopic (exact) mass is 525 g/mol. The zero-order valence-electron chi connectivity index (χ0n) is 20.0. The summed E-state index contributed by atoms with van der Waals surface area (Å²) in [6.45, 7) is 4.75. The minimum absolute atomic E-state index is 0.109. The van der Waals surface area contributed by atoms with Crippen molar-refractivity contribution in [2.45, 2.75) is 51.6 Å². The van der Waals surface area contributed by atoms with Crippen molar-refractivity contribution in [3.63, 3.8) is 0 Å². The van der Waals surface area contributed by atoms with Crippen molar-refractivity contribution in [3.8, 4) is 0 Å². The van der Waals surface area contributed by atoms with E-state index in [1.807, 2.05) is 60.5 Å². The maximum Gasteiger partial charge on any atom is 0.407 e. The van der Waals surface area contributed by atoms with E-state index in [0.29, 0.717) is 6.54 Å². The van der Waals surface area contributed by atoms with E-state index in [2.05, 4.69) is 40.3 Å². The van der Waals surface area contributed by atoms with Gasteiger partial charge in [-0.1, -0.05) is 71.7 Å². The second kappa shape index (κ2) is 12.5. The molecular formula is C27H32BrN3O3. The summed E-state index contributed by atoms with van der Waals surface area (Å²) in [7, 11) is 1.29. The Bertz CT molecular complexity index is 1030. The van der Waals surface area contributed by atoms with Crippen LogP contribution in [0.25, 0.3) is 5.57 Å². The number of aliphatic imine (C=N–C) groups is 1. The number of rotatable bonds is 8. The van der Waals surface area contributed by atoms with Gasteiger partial charge in [0.1, 0.15) is 6.04 Å². The fraction of sp³-hybridized carbons (Fsp3) is 0.370. The predicted molar refractivity (Wildman–Crippen MR) is 140 cm³/mol. The van der Waals surface area contributed by atoms with Gasteiger partial charge in [0.2, 0.25) is 5.91 Å². The van der Waals surface area contributed by atoms with E-state index in [1.54, 1.807) is 0 Å². The van der Waals surface area contributed by atoms with Crippen LogP contribution in [-0.4, -0.2) is 42.3 Å². The molecule has 1 aliphatic heterocycles. The van der Waals surface area contributed by atoms with Crippen LogP contribution in [0.1, 0.15) is 56.7 Å². The van der Waals surface area contributed by atoms with Gasteiger partial charge in [-0.15, -0.1) is 0 Å². The fourth-order valence-electron chi connectivity index (χ4n) is 4.22. The van der Waals surface area contributed by atoms with Crippen molar-refractivity contribution >= 4 is 39.2 Å². The molecule has 6 nitrogen and oxygen atoms in total. The van der Waals surface area contributed by atoms with Crippen molar-refractivity contribution in [1.29, 1.82) is 0 Å². The number of ether oxygens (including phenoxy) is 1. The highest BCUT2D eigenvalue weighted by Gasteiger charge is 2.36. The average molecular weight is 526 g/mol. The number of likely N-dealkylation sites (tertiary alicyclic amines) is 1. The lowest BCUT2D eigenvalue weighted by Gasteiger charge is -2.29. The lowest BCUT2D eigenvalue weighted by molar-refractivity contribution is -0.133. The molecule has 7 heteroatoms. The van der Waals surface area contributed by atoms with Gasteiger partial charge in [-0.25, -0.2) is 4.79 Å². The second-order valence-electron chi connectivity index (χ2n) is 8.35. The van der Waals surface area contributed by atoms with E-state index >= 15 is 0 Å². The standard InChI is InChI=1S/C27H32BrN3O3/c1-4-9-22(20-13-15-23(28)16-14-20)18-29-19(2)24-12-8-17-31(24)26(32)25(30-27(33)34-3)21-10-6-5-7-11-21/h5-7,10-11,13-16,18,24-25H,4,8-9,12,17H2,1-3H3,(H,30,33)/b22-18+,29-19?/t24-,25+/m0/s1. The van der Waals surface area contributed by atoms with E-state index in [-0.39, 0.29) is 11.9 Å². The van der Waals surface area contributed by atoms with Crippen LogP contribution in [-0.2, 0) is 9.53 Å². The predicted octanol–water partition coefficient (Wildman–Crippen LogP) is 6.14. The number of nitrogens with zero attached hydrogens (tertiary/aromatic N) is 2. The molecule has 3 rings (SSSR count). The number of nitrogens with one attached hydrogen (secondary N) is 1. The lowest BCUT2D eigenvalue weighted by Crippen LogP contribution is -2.46. The third kappa shape index (κ3) is 6.56.